The monoisotopic (exact) mass is 383 g/mol. The fraction of sp³-hybridized carbons (Fsp3) is 0.214. The number of aliphatic imine (C=N–C) groups is 1. The van der Waals surface area contributed by atoms with E-state index in [1.165, 1.54) is 27.8 Å². The number of halogens is 2. The quantitative estimate of drug-likeness (QED) is 0.434. The maximum absolute atomic E-state index is 4.76. The third-order valence-corrected chi connectivity index (χ3v) is 6.96. The van der Waals surface area contributed by atoms with Crippen molar-refractivity contribution in [2.24, 2.45) is 4.99 Å². The molecule has 4 aliphatic rings. The molecule has 0 bridgehead atoms. The predicted molar refractivity (Wildman–Crippen MR) is 69.9 cm³/mol. The van der Waals surface area contributed by atoms with Crippen LogP contribution in [0.4, 0.5) is 0 Å². The first kappa shape index (κ1) is 17.1. The van der Waals surface area contributed by atoms with Gasteiger partial charge in [-0.15, -0.1) is 0 Å². The topological polar surface area (TPSA) is 12.4 Å². The van der Waals surface area contributed by atoms with E-state index in [-0.39, 0.29) is 51.0 Å². The van der Waals surface area contributed by atoms with Crippen LogP contribution >= 0.6 is 0 Å². The molecule has 0 N–H and O–H groups in total. The van der Waals surface area contributed by atoms with E-state index in [0.29, 0.717) is 0 Å². The summed E-state index contributed by atoms with van der Waals surface area (Å²) in [6.07, 6.45) is 12.1. The van der Waals surface area contributed by atoms with Crippen LogP contribution in [-0.2, 0) is 26.2 Å². The van der Waals surface area contributed by atoms with Crippen LogP contribution in [0.1, 0.15) is 6.42 Å². The average Bonchev–Trinajstić information content (AvgIpc) is 2.79. The Balaban J connectivity index is 0.000000602. The van der Waals surface area contributed by atoms with Crippen molar-refractivity contribution in [2.75, 3.05) is 0 Å². The molecule has 0 amide bonds. The van der Waals surface area contributed by atoms with Gasteiger partial charge in [0.2, 0.25) is 0 Å². The van der Waals surface area contributed by atoms with Crippen molar-refractivity contribution in [1.82, 2.24) is 0 Å². The van der Waals surface area contributed by atoms with Crippen LogP contribution < -0.4 is 24.8 Å². The van der Waals surface area contributed by atoms with E-state index in [1.807, 2.05) is 0 Å². The molecule has 0 atom stereocenters. The maximum Gasteiger partial charge on any atom is 2.00 e. The molecule has 0 aromatic rings. The van der Waals surface area contributed by atoms with Gasteiger partial charge in [0.05, 0.1) is 5.70 Å². The normalized spacial score (nSPS) is 23.1. The van der Waals surface area contributed by atoms with Gasteiger partial charge < -0.3 is 24.8 Å². The van der Waals surface area contributed by atoms with Gasteiger partial charge in [0, 0.05) is 10.9 Å². The maximum atomic E-state index is 4.76. The summed E-state index contributed by atoms with van der Waals surface area (Å²) >= 11 is 0. The second kappa shape index (κ2) is 5.44. The van der Waals surface area contributed by atoms with Crippen LogP contribution in [0.15, 0.2) is 63.0 Å². The Labute approximate surface area is 146 Å². The van der Waals surface area contributed by atoms with Gasteiger partial charge in [-0.25, -0.2) is 0 Å². The fourth-order valence-corrected chi connectivity index (χ4v) is 6.05. The molecule has 1 fully saturated rings. The van der Waals surface area contributed by atoms with Crippen molar-refractivity contribution < 1.29 is 51.0 Å². The van der Waals surface area contributed by atoms with E-state index in [9.17, 15) is 0 Å². The first-order chi connectivity index (χ1) is 7.69. The van der Waals surface area contributed by atoms with Crippen LogP contribution in [-0.4, -0.2) is 13.4 Å². The van der Waals surface area contributed by atoms with E-state index in [4.69, 9.17) is 4.99 Å². The van der Waals surface area contributed by atoms with Crippen LogP contribution in [0, 0.1) is 0 Å². The molecule has 96 valence electrons. The van der Waals surface area contributed by atoms with E-state index in [0.717, 1.165) is 6.42 Å². The summed E-state index contributed by atoms with van der Waals surface area (Å²) in [5.41, 5.74) is 5.59. The van der Waals surface area contributed by atoms with Crippen molar-refractivity contribution in [3.8, 4) is 0 Å². The first-order valence-electron chi connectivity index (χ1n) is 5.83. The minimum absolute atomic E-state index is 0. The molecule has 4 rings (SSSR count). The standard InChI is InChI=1S/C14H13NSi.2ClH.Zr/c1-16(2)13-12-10(9-5-3-4-6-9)7-8-11(12)15-14(13)16;;;/h3-5,7-8H,6H2,1-2H3;2*1H;/q;;;+2/p-2. The molecule has 0 unspecified atom stereocenters. The van der Waals surface area contributed by atoms with Gasteiger partial charge in [-0.3, -0.25) is 4.99 Å². The molecule has 5 heteroatoms. The summed E-state index contributed by atoms with van der Waals surface area (Å²) in [6, 6.07) is 0. The van der Waals surface area contributed by atoms with Gasteiger partial charge in [0.15, 0.2) is 0 Å². The van der Waals surface area contributed by atoms with Crippen LogP contribution in [0.25, 0.3) is 0 Å². The van der Waals surface area contributed by atoms with Gasteiger partial charge >= 0.3 is 26.2 Å². The second-order valence-electron chi connectivity index (χ2n) is 5.29. The van der Waals surface area contributed by atoms with E-state index in [2.05, 4.69) is 43.5 Å². The summed E-state index contributed by atoms with van der Waals surface area (Å²) in [5.74, 6) is 0. The molecule has 0 saturated carbocycles. The summed E-state index contributed by atoms with van der Waals surface area (Å²) in [6.45, 7) is 4.81. The van der Waals surface area contributed by atoms with Crippen LogP contribution in [0.5, 0.6) is 0 Å². The number of nitrogens with zero attached hydrogens (tertiary/aromatic N) is 1. The molecule has 2 aliphatic heterocycles. The number of rotatable bonds is 1. The van der Waals surface area contributed by atoms with E-state index in [1.54, 1.807) is 5.20 Å². The molecule has 2 heterocycles. The summed E-state index contributed by atoms with van der Waals surface area (Å²) in [7, 11) is -1.19. The summed E-state index contributed by atoms with van der Waals surface area (Å²) in [5, 5.41) is 3.07. The van der Waals surface area contributed by atoms with Gasteiger partial charge in [-0.2, -0.15) is 0 Å². The third kappa shape index (κ3) is 2.19. The molecule has 1 saturated heterocycles. The Hall–Kier alpha value is 0.0500. The minimum atomic E-state index is -1.19. The molecular weight excluding hydrogens is 372 g/mol. The predicted octanol–water partition coefficient (Wildman–Crippen LogP) is -2.75. The Morgan fingerprint density at radius 1 is 1.11 bits per heavy atom. The average molecular weight is 385 g/mol. The number of hydrogen-bond acceptors (Lipinski definition) is 1. The van der Waals surface area contributed by atoms with Crippen LogP contribution in [0.2, 0.25) is 13.1 Å². The number of hydrogen-bond donors (Lipinski definition) is 0. The fourth-order valence-electron chi connectivity index (χ4n) is 2.93. The zero-order valence-corrected chi connectivity index (χ0v) is 15.8. The van der Waals surface area contributed by atoms with E-state index < -0.39 is 8.07 Å². The van der Waals surface area contributed by atoms with Gasteiger partial charge in [-0.05, 0) is 28.8 Å². The summed E-state index contributed by atoms with van der Waals surface area (Å²) in [4.78, 5) is 4.76. The molecule has 1 nitrogen and oxygen atoms in total. The molecule has 0 spiro atoms. The largest absolute Gasteiger partial charge is 2.00 e. The van der Waals surface area contributed by atoms with Crippen molar-refractivity contribution in [3.05, 3.63) is 58.0 Å². The molecule has 0 aromatic carbocycles. The van der Waals surface area contributed by atoms with Crippen molar-refractivity contribution >= 4 is 13.4 Å². The molecule has 19 heavy (non-hydrogen) atoms. The Kier molecular flexibility index (Phi) is 4.90. The number of fused-ring (bicyclic) bond motifs is 2. The molecule has 2 aliphatic carbocycles. The van der Waals surface area contributed by atoms with Gasteiger partial charge in [0.1, 0.15) is 8.07 Å². The SMILES string of the molecule is C[Si]1(C)C2=NC3=CC=C(C4=CC=CC4)C3=C21.[Cl-].[Cl-].[Zr+2]. The first-order valence-corrected chi connectivity index (χ1v) is 8.83. The molecule has 0 radical (unpaired) electrons. The van der Waals surface area contributed by atoms with Crippen molar-refractivity contribution in [1.29, 1.82) is 0 Å². The third-order valence-electron chi connectivity index (χ3n) is 3.92. The zero-order chi connectivity index (χ0) is 10.9. The Morgan fingerprint density at radius 3 is 2.47 bits per heavy atom. The second-order valence-corrected chi connectivity index (χ2v) is 9.52. The van der Waals surface area contributed by atoms with Crippen molar-refractivity contribution in [2.45, 2.75) is 19.5 Å². The number of allylic oxidation sites excluding steroid dienone is 8. The zero-order valence-electron chi connectivity index (χ0n) is 10.8. The van der Waals surface area contributed by atoms with Gasteiger partial charge in [-0.1, -0.05) is 37.4 Å². The van der Waals surface area contributed by atoms with Crippen molar-refractivity contribution in [3.63, 3.8) is 0 Å². The molecule has 0 aromatic heterocycles. The molecular formula is C14H13Cl2NSiZr. The smallest absolute Gasteiger partial charge is 1.00 e. The summed E-state index contributed by atoms with van der Waals surface area (Å²) < 4.78 is 0. The van der Waals surface area contributed by atoms with Gasteiger partial charge in [0.25, 0.3) is 0 Å². The Bertz CT molecular complexity index is 621. The van der Waals surface area contributed by atoms with E-state index >= 15 is 0 Å². The minimum Gasteiger partial charge on any atom is -1.00 e. The Morgan fingerprint density at radius 2 is 1.84 bits per heavy atom. The van der Waals surface area contributed by atoms with Crippen LogP contribution in [0.3, 0.4) is 0 Å².